The molecule has 0 aliphatic carbocycles. The number of hydrogen-bond acceptors (Lipinski definition) is 6. The van der Waals surface area contributed by atoms with Crippen LogP contribution in [0.25, 0.3) is 11.2 Å². The summed E-state index contributed by atoms with van der Waals surface area (Å²) in [5.74, 6) is 0. The summed E-state index contributed by atoms with van der Waals surface area (Å²) in [6, 6.07) is 3.07. The number of nitrogens with zero attached hydrogens (tertiary/aromatic N) is 3. The number of rotatable bonds is 0. The molecule has 0 fully saturated rings. The van der Waals surface area contributed by atoms with Crippen LogP contribution in [0.15, 0.2) is 23.1 Å². The van der Waals surface area contributed by atoms with Crippen molar-refractivity contribution in [3.63, 3.8) is 0 Å². The molecule has 0 bridgehead atoms. The van der Waals surface area contributed by atoms with Crippen molar-refractivity contribution in [1.29, 1.82) is 0 Å². The highest BCUT2D eigenvalue weighted by Crippen LogP contribution is 2.16. The molecule has 0 atom stereocenters. The second-order valence-corrected chi connectivity index (χ2v) is 7.26. The van der Waals surface area contributed by atoms with Gasteiger partial charge in [-0.3, -0.25) is 0 Å². The van der Waals surface area contributed by atoms with Gasteiger partial charge in [-0.05, 0) is 53.7 Å². The highest BCUT2D eigenvalue weighted by atomic mass is 16.6. The lowest BCUT2D eigenvalue weighted by Crippen LogP contribution is -2.38. The van der Waals surface area contributed by atoms with Crippen LogP contribution >= 0.6 is 0 Å². The van der Waals surface area contributed by atoms with E-state index in [1.807, 2.05) is 0 Å². The minimum Gasteiger partial charge on any atom is -0.443 e. The highest BCUT2D eigenvalue weighted by Gasteiger charge is 2.29. The molecule has 0 aliphatic rings. The molecule has 0 saturated carbocycles. The molecule has 0 aromatic carbocycles. The van der Waals surface area contributed by atoms with Gasteiger partial charge in [0.15, 0.2) is 5.65 Å². The van der Waals surface area contributed by atoms with Crippen molar-refractivity contribution in [1.82, 2.24) is 14.1 Å². The zero-order valence-electron chi connectivity index (χ0n) is 14.6. The van der Waals surface area contributed by atoms with Crippen LogP contribution < -0.4 is 5.69 Å². The van der Waals surface area contributed by atoms with Crippen molar-refractivity contribution >= 4 is 23.4 Å². The number of ether oxygens (including phenoxy) is 2. The monoisotopic (exact) mass is 335 g/mol. The number of carbonyl (C=O) groups excluding carboxylic acids is 2. The van der Waals surface area contributed by atoms with Crippen molar-refractivity contribution in [3.05, 3.63) is 28.8 Å². The van der Waals surface area contributed by atoms with Crippen LogP contribution in [0, 0.1) is 0 Å². The standard InChI is InChI=1S/C16H21N3O5/c1-15(2,3)23-13(21)18-10-8-7-9-17-11(10)19(12(18)20)14(22)24-16(4,5)6/h7-9H,1-6H3. The maximum absolute atomic E-state index is 12.6. The van der Waals surface area contributed by atoms with Crippen molar-refractivity contribution in [3.8, 4) is 0 Å². The Morgan fingerprint density at radius 1 is 0.958 bits per heavy atom. The first-order chi connectivity index (χ1) is 10.9. The van der Waals surface area contributed by atoms with E-state index in [9.17, 15) is 14.4 Å². The van der Waals surface area contributed by atoms with Crippen molar-refractivity contribution in [2.45, 2.75) is 52.7 Å². The van der Waals surface area contributed by atoms with Crippen molar-refractivity contribution in [2.75, 3.05) is 0 Å². The summed E-state index contributed by atoms with van der Waals surface area (Å²) in [6.45, 7) is 10.1. The average molecular weight is 335 g/mol. The highest BCUT2D eigenvalue weighted by molar-refractivity contribution is 5.90. The number of imidazole rings is 1. The van der Waals surface area contributed by atoms with E-state index in [2.05, 4.69) is 4.98 Å². The van der Waals surface area contributed by atoms with Gasteiger partial charge in [0.05, 0.1) is 0 Å². The summed E-state index contributed by atoms with van der Waals surface area (Å²) >= 11 is 0. The van der Waals surface area contributed by atoms with E-state index in [1.165, 1.54) is 12.3 Å². The van der Waals surface area contributed by atoms with Crippen LogP contribution in [0.3, 0.4) is 0 Å². The molecule has 8 nitrogen and oxygen atoms in total. The molecule has 8 heteroatoms. The Labute approximate surface area is 139 Å². The summed E-state index contributed by atoms with van der Waals surface area (Å²) in [7, 11) is 0. The Balaban J connectivity index is 2.63. The molecule has 0 spiro atoms. The van der Waals surface area contributed by atoms with Crippen LogP contribution in [-0.2, 0) is 9.47 Å². The molecule has 2 aromatic rings. The fraction of sp³-hybridized carbons (Fsp3) is 0.500. The Bertz CT molecular complexity index is 781. The van der Waals surface area contributed by atoms with Gasteiger partial charge in [-0.1, -0.05) is 0 Å². The van der Waals surface area contributed by atoms with Gasteiger partial charge in [0, 0.05) is 6.20 Å². The summed E-state index contributed by atoms with van der Waals surface area (Å²) in [6.07, 6.45) is -0.367. The molecule has 2 heterocycles. The molecular formula is C16H21N3O5. The zero-order chi connectivity index (χ0) is 18.3. The van der Waals surface area contributed by atoms with Gasteiger partial charge < -0.3 is 9.47 Å². The predicted molar refractivity (Wildman–Crippen MR) is 87.3 cm³/mol. The van der Waals surface area contributed by atoms with Crippen LogP contribution in [0.4, 0.5) is 9.59 Å². The zero-order valence-corrected chi connectivity index (χ0v) is 14.6. The molecule has 0 N–H and O–H groups in total. The first kappa shape index (κ1) is 17.7. The lowest BCUT2D eigenvalue weighted by atomic mass is 10.2. The minimum atomic E-state index is -0.904. The van der Waals surface area contributed by atoms with Crippen LogP contribution in [0.2, 0.25) is 0 Å². The van der Waals surface area contributed by atoms with Gasteiger partial charge in [0.25, 0.3) is 0 Å². The number of fused-ring (bicyclic) bond motifs is 1. The van der Waals surface area contributed by atoms with Gasteiger partial charge >= 0.3 is 17.9 Å². The normalized spacial score (nSPS) is 12.2. The third-order valence-corrected chi connectivity index (χ3v) is 2.75. The topological polar surface area (TPSA) is 92.4 Å². The lowest BCUT2D eigenvalue weighted by Gasteiger charge is -2.19. The van der Waals surface area contributed by atoms with Gasteiger partial charge in [-0.25, -0.2) is 19.4 Å². The second-order valence-electron chi connectivity index (χ2n) is 7.26. The van der Waals surface area contributed by atoms with Gasteiger partial charge in [-0.15, -0.1) is 0 Å². The Kier molecular flexibility index (Phi) is 4.26. The fourth-order valence-corrected chi connectivity index (χ4v) is 1.99. The van der Waals surface area contributed by atoms with E-state index in [4.69, 9.17) is 9.47 Å². The van der Waals surface area contributed by atoms with Crippen LogP contribution in [-0.4, -0.2) is 37.5 Å². The molecule has 0 unspecified atom stereocenters. The molecule has 0 saturated heterocycles. The molecule has 0 amide bonds. The van der Waals surface area contributed by atoms with E-state index in [-0.39, 0.29) is 11.2 Å². The first-order valence-electron chi connectivity index (χ1n) is 7.46. The van der Waals surface area contributed by atoms with Gasteiger partial charge in [0.1, 0.15) is 16.7 Å². The summed E-state index contributed by atoms with van der Waals surface area (Å²) in [5, 5.41) is 0. The molecule has 2 aromatic heterocycles. The number of carbonyl (C=O) groups is 2. The van der Waals surface area contributed by atoms with Crippen LogP contribution in [0.5, 0.6) is 0 Å². The molecule has 0 radical (unpaired) electrons. The lowest BCUT2D eigenvalue weighted by molar-refractivity contribution is 0.0517. The average Bonchev–Trinajstić information content (AvgIpc) is 2.66. The molecule has 24 heavy (non-hydrogen) atoms. The predicted octanol–water partition coefficient (Wildman–Crippen LogP) is 2.76. The first-order valence-corrected chi connectivity index (χ1v) is 7.46. The smallest absolute Gasteiger partial charge is 0.424 e. The maximum atomic E-state index is 12.6. The van der Waals surface area contributed by atoms with E-state index >= 15 is 0 Å². The third kappa shape index (κ3) is 3.64. The SMILES string of the molecule is CC(C)(C)OC(=O)n1c(=O)n(C(=O)OC(C)(C)C)c2ncccc21. The van der Waals surface area contributed by atoms with E-state index in [0.717, 1.165) is 9.13 Å². The van der Waals surface area contributed by atoms with Crippen molar-refractivity contribution in [2.24, 2.45) is 0 Å². The van der Waals surface area contributed by atoms with Gasteiger partial charge in [-0.2, -0.15) is 9.13 Å². The van der Waals surface area contributed by atoms with E-state index in [0.29, 0.717) is 0 Å². The summed E-state index contributed by atoms with van der Waals surface area (Å²) in [4.78, 5) is 41.4. The minimum absolute atomic E-state index is 0.0302. The third-order valence-electron chi connectivity index (χ3n) is 2.75. The number of aromatic nitrogens is 3. The van der Waals surface area contributed by atoms with Crippen LogP contribution in [0.1, 0.15) is 41.5 Å². The maximum Gasteiger partial charge on any atom is 0.424 e. The largest absolute Gasteiger partial charge is 0.443 e. The van der Waals surface area contributed by atoms with Gasteiger partial charge in [0.2, 0.25) is 0 Å². The Morgan fingerprint density at radius 3 is 1.96 bits per heavy atom. The van der Waals surface area contributed by atoms with Crippen molar-refractivity contribution < 1.29 is 19.1 Å². The summed E-state index contributed by atoms with van der Waals surface area (Å²) in [5.41, 5.74) is -2.28. The Morgan fingerprint density at radius 2 is 1.46 bits per heavy atom. The van der Waals surface area contributed by atoms with E-state index < -0.39 is 29.1 Å². The fourth-order valence-electron chi connectivity index (χ4n) is 1.99. The number of hydrogen-bond donors (Lipinski definition) is 0. The molecular weight excluding hydrogens is 314 g/mol. The Hall–Kier alpha value is -2.64. The molecule has 130 valence electrons. The quantitative estimate of drug-likeness (QED) is 0.735. The molecule has 0 aliphatic heterocycles. The second kappa shape index (κ2) is 5.77. The number of pyridine rings is 1. The summed E-state index contributed by atoms with van der Waals surface area (Å²) < 4.78 is 12.0. The van der Waals surface area contributed by atoms with E-state index in [1.54, 1.807) is 47.6 Å². The molecule has 2 rings (SSSR count).